The molecule has 0 aliphatic carbocycles. The highest BCUT2D eigenvalue weighted by molar-refractivity contribution is 7.09. The molecule has 37 heavy (non-hydrogen) atoms. The van der Waals surface area contributed by atoms with Crippen molar-refractivity contribution in [2.45, 2.75) is 51.0 Å². The fourth-order valence-electron chi connectivity index (χ4n) is 4.32. The van der Waals surface area contributed by atoms with Gasteiger partial charge in [-0.05, 0) is 36.6 Å². The first kappa shape index (κ1) is 26.4. The molecule has 3 unspecified atom stereocenters. The SMILES string of the molecule is Cc1nc(C(=O)N2CCC(OCc3ccc(F)cc3)CC2C(=O)NC(Cc2ccccc2)C(N)=O)cs1. The molecule has 0 saturated carbocycles. The van der Waals surface area contributed by atoms with Gasteiger partial charge in [-0.3, -0.25) is 14.4 Å². The molecule has 2 heterocycles. The fourth-order valence-corrected chi connectivity index (χ4v) is 4.91. The van der Waals surface area contributed by atoms with Crippen molar-refractivity contribution >= 4 is 29.1 Å². The summed E-state index contributed by atoms with van der Waals surface area (Å²) < 4.78 is 19.3. The Morgan fingerprint density at radius 1 is 1.16 bits per heavy atom. The van der Waals surface area contributed by atoms with Crippen LogP contribution in [0.2, 0.25) is 0 Å². The highest BCUT2D eigenvalue weighted by Gasteiger charge is 2.38. The van der Waals surface area contributed by atoms with Crippen LogP contribution in [0.4, 0.5) is 4.39 Å². The zero-order chi connectivity index (χ0) is 26.4. The van der Waals surface area contributed by atoms with Crippen LogP contribution in [0.15, 0.2) is 60.0 Å². The number of nitrogens with one attached hydrogen (secondary N) is 1. The van der Waals surface area contributed by atoms with Gasteiger partial charge in [0.1, 0.15) is 23.6 Å². The third-order valence-electron chi connectivity index (χ3n) is 6.30. The number of amides is 3. The Labute approximate surface area is 218 Å². The Kier molecular flexibility index (Phi) is 8.62. The van der Waals surface area contributed by atoms with Gasteiger partial charge in [0, 0.05) is 24.8 Å². The quantitative estimate of drug-likeness (QED) is 0.447. The number of aryl methyl sites for hydroxylation is 1. The number of nitrogens with zero attached hydrogens (tertiary/aromatic N) is 2. The number of carbonyl (C=O) groups excluding carboxylic acids is 3. The monoisotopic (exact) mass is 524 g/mol. The average Bonchev–Trinajstić information content (AvgIpc) is 3.34. The number of primary amides is 1. The number of hydrogen-bond acceptors (Lipinski definition) is 6. The molecule has 194 valence electrons. The maximum absolute atomic E-state index is 13.5. The summed E-state index contributed by atoms with van der Waals surface area (Å²) in [5, 5.41) is 5.18. The smallest absolute Gasteiger partial charge is 0.274 e. The zero-order valence-corrected chi connectivity index (χ0v) is 21.2. The van der Waals surface area contributed by atoms with Gasteiger partial charge in [0.05, 0.1) is 17.7 Å². The van der Waals surface area contributed by atoms with Crippen LogP contribution >= 0.6 is 11.3 Å². The molecule has 3 amide bonds. The van der Waals surface area contributed by atoms with E-state index in [-0.39, 0.29) is 49.5 Å². The molecule has 1 aliphatic rings. The average molecular weight is 525 g/mol. The van der Waals surface area contributed by atoms with Crippen molar-refractivity contribution in [2.75, 3.05) is 6.54 Å². The van der Waals surface area contributed by atoms with E-state index in [1.165, 1.54) is 28.4 Å². The van der Waals surface area contributed by atoms with Crippen molar-refractivity contribution in [3.8, 4) is 0 Å². The number of benzene rings is 2. The first-order chi connectivity index (χ1) is 17.8. The van der Waals surface area contributed by atoms with E-state index in [0.29, 0.717) is 6.42 Å². The van der Waals surface area contributed by atoms with Gasteiger partial charge in [-0.1, -0.05) is 42.5 Å². The second-order valence-electron chi connectivity index (χ2n) is 9.00. The molecule has 2 aromatic carbocycles. The predicted molar refractivity (Wildman–Crippen MR) is 137 cm³/mol. The van der Waals surface area contributed by atoms with Crippen molar-refractivity contribution in [3.05, 3.63) is 87.6 Å². The number of hydrogen-bond donors (Lipinski definition) is 2. The lowest BCUT2D eigenvalue weighted by atomic mass is 9.97. The number of nitrogens with two attached hydrogens (primary N) is 1. The molecule has 3 N–H and O–H groups in total. The second-order valence-corrected chi connectivity index (χ2v) is 10.1. The third kappa shape index (κ3) is 6.99. The van der Waals surface area contributed by atoms with Gasteiger partial charge in [-0.2, -0.15) is 0 Å². The van der Waals surface area contributed by atoms with Crippen molar-refractivity contribution in [1.82, 2.24) is 15.2 Å². The lowest BCUT2D eigenvalue weighted by Crippen LogP contribution is -2.58. The van der Waals surface area contributed by atoms with Crippen molar-refractivity contribution in [1.29, 1.82) is 0 Å². The van der Waals surface area contributed by atoms with Crippen LogP contribution in [-0.4, -0.2) is 52.3 Å². The predicted octanol–water partition coefficient (Wildman–Crippen LogP) is 2.99. The van der Waals surface area contributed by atoms with Crippen molar-refractivity contribution < 1.29 is 23.5 Å². The highest BCUT2D eigenvalue weighted by Crippen LogP contribution is 2.24. The molecule has 0 spiro atoms. The number of halogens is 1. The topological polar surface area (TPSA) is 115 Å². The van der Waals surface area contributed by atoms with Gasteiger partial charge in [-0.15, -0.1) is 11.3 Å². The minimum atomic E-state index is -0.936. The first-order valence-electron chi connectivity index (χ1n) is 12.0. The molecule has 3 atom stereocenters. The zero-order valence-electron chi connectivity index (χ0n) is 20.4. The van der Waals surface area contributed by atoms with Gasteiger partial charge < -0.3 is 20.7 Å². The summed E-state index contributed by atoms with van der Waals surface area (Å²) in [6, 6.07) is 13.4. The van der Waals surface area contributed by atoms with E-state index in [1.54, 1.807) is 17.5 Å². The summed E-state index contributed by atoms with van der Waals surface area (Å²) in [6.07, 6.45) is 0.670. The Morgan fingerprint density at radius 2 is 1.89 bits per heavy atom. The largest absolute Gasteiger partial charge is 0.373 e. The number of piperidine rings is 1. The standard InChI is InChI=1S/C27H29FN4O4S/c1-17-30-23(16-37-17)27(35)32-12-11-21(36-15-19-7-9-20(28)10-8-19)14-24(32)26(34)31-22(25(29)33)13-18-5-3-2-4-6-18/h2-10,16,21-22,24H,11-15H2,1H3,(H2,29,33)(H,31,34). The van der Waals surface area contributed by atoms with E-state index in [9.17, 15) is 18.8 Å². The van der Waals surface area contributed by atoms with Gasteiger partial charge in [-0.25, -0.2) is 9.37 Å². The van der Waals surface area contributed by atoms with Crippen LogP contribution in [0.1, 0.15) is 39.5 Å². The summed E-state index contributed by atoms with van der Waals surface area (Å²) in [5.74, 6) is -1.82. The van der Waals surface area contributed by atoms with E-state index >= 15 is 0 Å². The maximum atomic E-state index is 13.5. The van der Waals surface area contributed by atoms with E-state index in [4.69, 9.17) is 10.5 Å². The van der Waals surface area contributed by atoms with Crippen molar-refractivity contribution in [2.24, 2.45) is 5.73 Å². The Hall–Kier alpha value is -3.63. The Morgan fingerprint density at radius 3 is 2.54 bits per heavy atom. The summed E-state index contributed by atoms with van der Waals surface area (Å²) in [5.41, 5.74) is 7.54. The summed E-state index contributed by atoms with van der Waals surface area (Å²) in [6.45, 7) is 2.33. The van der Waals surface area contributed by atoms with Gasteiger partial charge in [0.25, 0.3) is 5.91 Å². The molecule has 1 fully saturated rings. The number of ether oxygens (including phenoxy) is 1. The van der Waals surface area contributed by atoms with Crippen LogP contribution in [-0.2, 0) is 27.4 Å². The molecule has 0 radical (unpaired) electrons. The normalized spacial score (nSPS) is 18.3. The molecule has 8 nitrogen and oxygen atoms in total. The molecular formula is C27H29FN4O4S. The summed E-state index contributed by atoms with van der Waals surface area (Å²) >= 11 is 1.36. The molecule has 1 aliphatic heterocycles. The number of thiazole rings is 1. The van der Waals surface area contributed by atoms with Gasteiger partial charge in [0.2, 0.25) is 11.8 Å². The number of carbonyl (C=O) groups is 3. The maximum Gasteiger partial charge on any atom is 0.274 e. The van der Waals surface area contributed by atoms with Crippen LogP contribution in [0, 0.1) is 12.7 Å². The molecule has 3 aromatic rings. The lowest BCUT2D eigenvalue weighted by molar-refractivity contribution is -0.133. The van der Waals surface area contributed by atoms with Gasteiger partial charge >= 0.3 is 0 Å². The summed E-state index contributed by atoms with van der Waals surface area (Å²) in [4.78, 5) is 44.7. The van der Waals surface area contributed by atoms with E-state index in [1.807, 2.05) is 37.3 Å². The molecule has 1 saturated heterocycles. The summed E-state index contributed by atoms with van der Waals surface area (Å²) in [7, 11) is 0. The highest BCUT2D eigenvalue weighted by atomic mass is 32.1. The number of aromatic nitrogens is 1. The molecule has 1 aromatic heterocycles. The van der Waals surface area contributed by atoms with Crippen LogP contribution in [0.25, 0.3) is 0 Å². The Bertz CT molecular complexity index is 1230. The molecule has 10 heteroatoms. The van der Waals surface area contributed by atoms with Crippen LogP contribution in [0.5, 0.6) is 0 Å². The molecule has 0 bridgehead atoms. The Balaban J connectivity index is 1.49. The minimum absolute atomic E-state index is 0.234. The van der Waals surface area contributed by atoms with Crippen LogP contribution in [0.3, 0.4) is 0 Å². The van der Waals surface area contributed by atoms with E-state index < -0.39 is 23.9 Å². The first-order valence-corrected chi connectivity index (χ1v) is 12.9. The number of rotatable bonds is 9. The van der Waals surface area contributed by atoms with E-state index in [0.717, 1.165) is 16.1 Å². The third-order valence-corrected chi connectivity index (χ3v) is 7.07. The second kappa shape index (κ2) is 12.1. The molecule has 4 rings (SSSR count). The van der Waals surface area contributed by atoms with E-state index in [2.05, 4.69) is 10.3 Å². The number of likely N-dealkylation sites (tertiary alicyclic amines) is 1. The minimum Gasteiger partial charge on any atom is -0.373 e. The fraction of sp³-hybridized carbons (Fsp3) is 0.333. The van der Waals surface area contributed by atoms with Crippen LogP contribution < -0.4 is 11.1 Å². The lowest BCUT2D eigenvalue weighted by Gasteiger charge is -2.38. The van der Waals surface area contributed by atoms with Crippen molar-refractivity contribution in [3.63, 3.8) is 0 Å². The molecular weight excluding hydrogens is 495 g/mol. The van der Waals surface area contributed by atoms with Gasteiger partial charge in [0.15, 0.2) is 0 Å².